The van der Waals surface area contributed by atoms with Crippen LogP contribution in [-0.4, -0.2) is 14.5 Å². The molecule has 1 radical (unpaired) electrons. The molecule has 0 spiro atoms. The summed E-state index contributed by atoms with van der Waals surface area (Å²) < 4.78 is 37.8. The molecule has 0 atom stereocenters. The summed E-state index contributed by atoms with van der Waals surface area (Å²) in [5, 5.41) is 0. The van der Waals surface area contributed by atoms with Gasteiger partial charge >= 0.3 is 6.18 Å². The molecule has 0 bridgehead atoms. The number of aromatic nitrogens is 3. The molecule has 2 aromatic heterocycles. The van der Waals surface area contributed by atoms with Gasteiger partial charge in [-0.25, -0.2) is 9.97 Å². The van der Waals surface area contributed by atoms with Crippen LogP contribution in [0.15, 0.2) is 30.9 Å². The summed E-state index contributed by atoms with van der Waals surface area (Å²) in [4.78, 5) is 7.10. The Morgan fingerprint density at radius 3 is 2.60 bits per heavy atom. The van der Waals surface area contributed by atoms with Crippen molar-refractivity contribution >= 4 is 0 Å². The lowest BCUT2D eigenvalue weighted by molar-refractivity contribution is -0.140. The first kappa shape index (κ1) is 9.70. The normalized spacial score (nSPS) is 11.7. The third kappa shape index (κ3) is 1.98. The maximum atomic E-state index is 12.2. The Kier molecular flexibility index (Phi) is 2.18. The monoisotopic (exact) mass is 212 g/mol. The van der Waals surface area contributed by atoms with Crippen LogP contribution in [0, 0.1) is 6.07 Å². The molecular weight excluding hydrogens is 207 g/mol. The zero-order valence-corrected chi connectivity index (χ0v) is 7.36. The number of hydrogen-bond acceptors (Lipinski definition) is 2. The topological polar surface area (TPSA) is 30.7 Å². The van der Waals surface area contributed by atoms with Gasteiger partial charge in [-0.05, 0) is 12.1 Å². The van der Waals surface area contributed by atoms with E-state index in [0.717, 1.165) is 12.5 Å². The Labute approximate surface area is 83.2 Å². The van der Waals surface area contributed by atoms with Crippen LogP contribution in [0.4, 0.5) is 13.2 Å². The lowest BCUT2D eigenvalue weighted by Gasteiger charge is -2.00. The fourth-order valence-corrected chi connectivity index (χ4v) is 1.06. The van der Waals surface area contributed by atoms with Crippen molar-refractivity contribution in [3.63, 3.8) is 0 Å². The van der Waals surface area contributed by atoms with Crippen molar-refractivity contribution in [2.75, 3.05) is 0 Å². The van der Waals surface area contributed by atoms with Gasteiger partial charge in [-0.1, -0.05) is 0 Å². The minimum absolute atomic E-state index is 0.372. The Bertz CT molecular complexity index is 447. The average molecular weight is 212 g/mol. The fraction of sp³-hybridized carbons (Fsp3) is 0.111. The van der Waals surface area contributed by atoms with Crippen molar-refractivity contribution in [1.29, 1.82) is 0 Å². The van der Waals surface area contributed by atoms with Crippen molar-refractivity contribution in [2.45, 2.75) is 6.18 Å². The SMILES string of the molecule is FC(F)(F)c1cn(-c2cc[c]cn2)cn1. The summed E-state index contributed by atoms with van der Waals surface area (Å²) in [5.74, 6) is 0.372. The van der Waals surface area contributed by atoms with Gasteiger partial charge in [0.1, 0.15) is 12.1 Å². The third-order valence-electron chi connectivity index (χ3n) is 1.74. The molecule has 2 aromatic rings. The van der Waals surface area contributed by atoms with Crippen LogP contribution in [0.1, 0.15) is 5.69 Å². The molecule has 2 heterocycles. The molecule has 0 aromatic carbocycles. The van der Waals surface area contributed by atoms with Crippen LogP contribution in [0.3, 0.4) is 0 Å². The van der Waals surface area contributed by atoms with E-state index in [4.69, 9.17) is 0 Å². The van der Waals surface area contributed by atoms with E-state index in [9.17, 15) is 13.2 Å². The van der Waals surface area contributed by atoms with Gasteiger partial charge in [0.25, 0.3) is 0 Å². The molecule has 0 saturated carbocycles. The van der Waals surface area contributed by atoms with Crippen molar-refractivity contribution in [1.82, 2.24) is 14.5 Å². The fourth-order valence-electron chi connectivity index (χ4n) is 1.06. The van der Waals surface area contributed by atoms with Gasteiger partial charge in [0, 0.05) is 18.5 Å². The van der Waals surface area contributed by atoms with E-state index in [1.54, 1.807) is 12.1 Å². The standard InChI is InChI=1S/C9H5F3N3/c10-9(11,12)7-5-15(6-14-7)8-3-1-2-4-13-8/h1,3-6H. The van der Waals surface area contributed by atoms with Gasteiger partial charge in [0.15, 0.2) is 5.69 Å². The van der Waals surface area contributed by atoms with E-state index >= 15 is 0 Å². The van der Waals surface area contributed by atoms with Gasteiger partial charge in [0.05, 0.1) is 0 Å². The van der Waals surface area contributed by atoms with E-state index in [2.05, 4.69) is 16.0 Å². The molecule has 0 unspecified atom stereocenters. The maximum absolute atomic E-state index is 12.2. The van der Waals surface area contributed by atoms with Crippen LogP contribution in [0.25, 0.3) is 5.82 Å². The minimum Gasteiger partial charge on any atom is -0.290 e. The van der Waals surface area contributed by atoms with Gasteiger partial charge < -0.3 is 0 Å². The molecule has 0 aliphatic rings. The van der Waals surface area contributed by atoms with Crippen LogP contribution >= 0.6 is 0 Å². The molecule has 0 saturated heterocycles. The Morgan fingerprint density at radius 1 is 1.27 bits per heavy atom. The highest BCUT2D eigenvalue weighted by Crippen LogP contribution is 2.27. The lowest BCUT2D eigenvalue weighted by Crippen LogP contribution is -2.04. The summed E-state index contributed by atoms with van der Waals surface area (Å²) in [6, 6.07) is 5.78. The number of nitrogens with zero attached hydrogens (tertiary/aromatic N) is 3. The molecule has 6 heteroatoms. The molecular formula is C9H5F3N3. The zero-order valence-electron chi connectivity index (χ0n) is 7.36. The molecule has 3 nitrogen and oxygen atoms in total. The molecule has 2 rings (SSSR count). The van der Waals surface area contributed by atoms with Crippen LogP contribution in [0.2, 0.25) is 0 Å². The van der Waals surface area contributed by atoms with Crippen molar-refractivity contribution < 1.29 is 13.2 Å². The Morgan fingerprint density at radius 2 is 2.07 bits per heavy atom. The summed E-state index contributed by atoms with van der Waals surface area (Å²) in [6.45, 7) is 0. The van der Waals surface area contributed by atoms with Gasteiger partial charge in [-0.3, -0.25) is 4.57 Å². The molecule has 0 N–H and O–H groups in total. The smallest absolute Gasteiger partial charge is 0.290 e. The first-order valence-corrected chi connectivity index (χ1v) is 4.01. The van der Waals surface area contributed by atoms with Crippen molar-refractivity contribution in [2.24, 2.45) is 0 Å². The number of imidazole rings is 1. The average Bonchev–Trinajstić information content (AvgIpc) is 2.67. The molecule has 77 valence electrons. The first-order chi connectivity index (χ1) is 7.07. The zero-order chi connectivity index (χ0) is 10.9. The summed E-state index contributed by atoms with van der Waals surface area (Å²) in [5.41, 5.74) is -0.933. The second-order valence-corrected chi connectivity index (χ2v) is 2.78. The third-order valence-corrected chi connectivity index (χ3v) is 1.74. The number of pyridine rings is 1. The Hall–Kier alpha value is -1.85. The second-order valence-electron chi connectivity index (χ2n) is 2.78. The largest absolute Gasteiger partial charge is 0.434 e. The van der Waals surface area contributed by atoms with E-state index in [1.165, 1.54) is 10.8 Å². The molecule has 0 aliphatic carbocycles. The van der Waals surface area contributed by atoms with Crippen LogP contribution in [-0.2, 0) is 6.18 Å². The van der Waals surface area contributed by atoms with Crippen molar-refractivity contribution in [3.8, 4) is 5.82 Å². The molecule has 0 aliphatic heterocycles. The molecule has 0 amide bonds. The van der Waals surface area contributed by atoms with Gasteiger partial charge in [0.2, 0.25) is 0 Å². The highest BCUT2D eigenvalue weighted by atomic mass is 19.4. The van der Waals surface area contributed by atoms with E-state index in [-0.39, 0.29) is 0 Å². The highest BCUT2D eigenvalue weighted by molar-refractivity contribution is 5.22. The van der Waals surface area contributed by atoms with Crippen LogP contribution < -0.4 is 0 Å². The highest BCUT2D eigenvalue weighted by Gasteiger charge is 2.33. The molecule has 0 fully saturated rings. The maximum Gasteiger partial charge on any atom is 0.434 e. The lowest BCUT2D eigenvalue weighted by atomic mass is 10.4. The van der Waals surface area contributed by atoms with E-state index in [0.29, 0.717) is 5.82 Å². The first-order valence-electron chi connectivity index (χ1n) is 4.01. The van der Waals surface area contributed by atoms with E-state index in [1.807, 2.05) is 0 Å². The minimum atomic E-state index is -4.42. The number of halogens is 3. The van der Waals surface area contributed by atoms with E-state index < -0.39 is 11.9 Å². The summed E-state index contributed by atoms with van der Waals surface area (Å²) in [7, 11) is 0. The van der Waals surface area contributed by atoms with Gasteiger partial charge in [-0.2, -0.15) is 13.2 Å². The predicted molar refractivity (Wildman–Crippen MR) is 45.2 cm³/mol. The number of alkyl halides is 3. The predicted octanol–water partition coefficient (Wildman–Crippen LogP) is 2.09. The summed E-state index contributed by atoms with van der Waals surface area (Å²) in [6.07, 6.45) is -1.08. The quantitative estimate of drug-likeness (QED) is 0.724. The second kappa shape index (κ2) is 3.38. The van der Waals surface area contributed by atoms with Crippen LogP contribution in [0.5, 0.6) is 0 Å². The Balaban J connectivity index is 2.37. The van der Waals surface area contributed by atoms with Crippen molar-refractivity contribution in [3.05, 3.63) is 42.6 Å². The summed E-state index contributed by atoms with van der Waals surface area (Å²) >= 11 is 0. The molecule has 15 heavy (non-hydrogen) atoms. The number of rotatable bonds is 1. The number of hydrogen-bond donors (Lipinski definition) is 0. The van der Waals surface area contributed by atoms with Gasteiger partial charge in [-0.15, -0.1) is 0 Å².